The highest BCUT2D eigenvalue weighted by Crippen LogP contribution is 2.50. The molecule has 0 bridgehead atoms. The van der Waals surface area contributed by atoms with Crippen molar-refractivity contribution in [1.29, 1.82) is 0 Å². The van der Waals surface area contributed by atoms with Gasteiger partial charge in [0.15, 0.2) is 0 Å². The lowest BCUT2D eigenvalue weighted by Gasteiger charge is -2.18. The van der Waals surface area contributed by atoms with Crippen molar-refractivity contribution in [2.45, 2.75) is 0 Å². The van der Waals surface area contributed by atoms with E-state index in [9.17, 15) is 0 Å². The monoisotopic (exact) mass is 1120 g/mol. The number of fused-ring (bicyclic) bond motifs is 12. The van der Waals surface area contributed by atoms with Crippen LogP contribution in [-0.4, -0.2) is 0 Å². The Hall–Kier alpha value is -10.5. The van der Waals surface area contributed by atoms with E-state index in [2.05, 4.69) is 315 Å². The molecule has 0 radical (unpaired) electrons. The Kier molecular flexibility index (Phi) is 12.0. The van der Waals surface area contributed by atoms with E-state index in [0.29, 0.717) is 0 Å². The zero-order valence-electron chi connectivity index (χ0n) is 46.8. The smallest absolute Gasteiger partial charge is 0.0434 e. The molecule has 400 valence electrons. The molecule has 0 saturated carbocycles. The third-order valence-electron chi connectivity index (χ3n) is 17.7. The van der Waals surface area contributed by atoms with Crippen LogP contribution >= 0.6 is 22.7 Å². The molecule has 0 unspecified atom stereocenters. The van der Waals surface area contributed by atoms with Gasteiger partial charge in [-0.25, -0.2) is 0 Å². The molecular formula is C84H52S2. The van der Waals surface area contributed by atoms with Crippen molar-refractivity contribution >= 4 is 128 Å². The fraction of sp³-hybridized carbons (Fsp3) is 0. The van der Waals surface area contributed by atoms with E-state index in [4.69, 9.17) is 0 Å². The number of thiophene rings is 2. The fourth-order valence-electron chi connectivity index (χ4n) is 13.8. The Bertz CT molecular complexity index is 5610. The largest absolute Gasteiger partial charge is 0.135 e. The van der Waals surface area contributed by atoms with E-state index in [1.807, 2.05) is 22.7 Å². The van der Waals surface area contributed by atoms with E-state index >= 15 is 0 Å². The van der Waals surface area contributed by atoms with Gasteiger partial charge in [-0.2, -0.15) is 0 Å². The highest BCUT2D eigenvalue weighted by atomic mass is 32.1. The summed E-state index contributed by atoms with van der Waals surface area (Å²) in [6.07, 6.45) is 0. The fourth-order valence-corrected chi connectivity index (χ4v) is 16.2. The standard InChI is InChI=1S/2C42H26S/c1-2-12-28-25-30(24-23-27(28)11-1)29-13-9-14-31(26-29)40-33-16-3-5-18-35(33)41(36-19-6-4-17-34(36)40)38-21-10-20-37-32-15-7-8-22-39(32)43-42(37)38;1-2-11-30-26-31(25-22-27(30)10-1)28-20-23-29(24-21-28)40-33-13-3-5-15-35(33)41(36-16-6-4-14-34(36)40)38-18-9-17-37-32-12-7-8-19-39(32)43-42(37)38/h2*1-26H. The summed E-state index contributed by atoms with van der Waals surface area (Å²) in [4.78, 5) is 0. The molecule has 0 saturated heterocycles. The summed E-state index contributed by atoms with van der Waals surface area (Å²) in [7, 11) is 0. The second-order valence-corrected chi connectivity index (χ2v) is 24.6. The second-order valence-electron chi connectivity index (χ2n) is 22.5. The molecule has 2 heteroatoms. The first-order valence-electron chi connectivity index (χ1n) is 29.5. The van der Waals surface area contributed by atoms with Crippen LogP contribution in [0.2, 0.25) is 0 Å². The van der Waals surface area contributed by atoms with E-state index in [0.717, 1.165) is 0 Å². The Morgan fingerprint density at radius 2 is 0.465 bits per heavy atom. The van der Waals surface area contributed by atoms with Gasteiger partial charge in [0.1, 0.15) is 0 Å². The van der Waals surface area contributed by atoms with Crippen LogP contribution in [0.15, 0.2) is 315 Å². The normalized spacial score (nSPS) is 11.7. The van der Waals surface area contributed by atoms with Gasteiger partial charge in [0.05, 0.1) is 0 Å². The lowest BCUT2D eigenvalue weighted by atomic mass is 9.85. The quantitative estimate of drug-likeness (QED) is 0.146. The predicted octanol–water partition coefficient (Wildman–Crippen LogP) is 25.0. The van der Waals surface area contributed by atoms with Crippen molar-refractivity contribution in [2.24, 2.45) is 0 Å². The zero-order valence-corrected chi connectivity index (χ0v) is 48.5. The molecule has 0 aliphatic heterocycles. The maximum absolute atomic E-state index is 2.37. The van der Waals surface area contributed by atoms with Gasteiger partial charge in [0, 0.05) is 51.5 Å². The van der Waals surface area contributed by atoms with Crippen molar-refractivity contribution in [3.05, 3.63) is 315 Å². The first-order valence-corrected chi connectivity index (χ1v) is 31.2. The van der Waals surface area contributed by atoms with Crippen molar-refractivity contribution in [3.8, 4) is 66.8 Å². The highest BCUT2D eigenvalue weighted by molar-refractivity contribution is 7.26. The van der Waals surface area contributed by atoms with Gasteiger partial charge in [0.25, 0.3) is 0 Å². The first kappa shape index (κ1) is 50.1. The minimum Gasteiger partial charge on any atom is -0.135 e. The molecule has 2 aromatic heterocycles. The number of hydrogen-bond acceptors (Lipinski definition) is 2. The Morgan fingerprint density at radius 1 is 0.163 bits per heavy atom. The van der Waals surface area contributed by atoms with Gasteiger partial charge in [-0.1, -0.05) is 285 Å². The molecule has 16 aromatic carbocycles. The van der Waals surface area contributed by atoms with E-state index < -0.39 is 0 Å². The summed E-state index contributed by atoms with van der Waals surface area (Å²) >= 11 is 3.80. The van der Waals surface area contributed by atoms with Crippen molar-refractivity contribution in [1.82, 2.24) is 0 Å². The number of hydrogen-bond donors (Lipinski definition) is 0. The lowest BCUT2D eigenvalue weighted by molar-refractivity contribution is 1.63. The highest BCUT2D eigenvalue weighted by Gasteiger charge is 2.22. The molecule has 0 aliphatic carbocycles. The van der Waals surface area contributed by atoms with Crippen LogP contribution in [0.25, 0.3) is 172 Å². The molecule has 0 spiro atoms. The van der Waals surface area contributed by atoms with Gasteiger partial charge < -0.3 is 0 Å². The SMILES string of the molecule is c1cc(-c2ccc3ccccc3c2)cc(-c2c3ccccc3c(-c3cccc4c3sc3ccccc34)c3ccccc23)c1.c1ccc2cc(-c3ccc(-c4c5ccccc5c(-c5cccc6c5sc5ccccc56)c5ccccc45)cc3)ccc2c1. The Balaban J connectivity index is 0.000000134. The molecule has 18 rings (SSSR count). The molecule has 0 amide bonds. The molecule has 0 nitrogen and oxygen atoms in total. The summed E-state index contributed by atoms with van der Waals surface area (Å²) < 4.78 is 5.37. The van der Waals surface area contributed by atoms with Crippen LogP contribution in [0.4, 0.5) is 0 Å². The molecule has 0 fully saturated rings. The van der Waals surface area contributed by atoms with Crippen LogP contribution in [0.1, 0.15) is 0 Å². The molecule has 0 aliphatic rings. The van der Waals surface area contributed by atoms with E-state index in [1.165, 1.54) is 172 Å². The van der Waals surface area contributed by atoms with Crippen molar-refractivity contribution < 1.29 is 0 Å². The van der Waals surface area contributed by atoms with Crippen LogP contribution in [-0.2, 0) is 0 Å². The zero-order chi connectivity index (χ0) is 56.7. The number of rotatable bonds is 6. The Labute approximate surface area is 506 Å². The average molecular weight is 1130 g/mol. The Morgan fingerprint density at radius 3 is 0.919 bits per heavy atom. The minimum atomic E-state index is 1.23. The third-order valence-corrected chi connectivity index (χ3v) is 20.1. The molecule has 0 N–H and O–H groups in total. The van der Waals surface area contributed by atoms with Crippen LogP contribution in [0.5, 0.6) is 0 Å². The second kappa shape index (κ2) is 20.7. The van der Waals surface area contributed by atoms with E-state index in [1.54, 1.807) is 0 Å². The van der Waals surface area contributed by atoms with Crippen LogP contribution in [0.3, 0.4) is 0 Å². The van der Waals surface area contributed by atoms with Crippen molar-refractivity contribution in [2.75, 3.05) is 0 Å². The van der Waals surface area contributed by atoms with Gasteiger partial charge in [0.2, 0.25) is 0 Å². The summed E-state index contributed by atoms with van der Waals surface area (Å²) in [5.74, 6) is 0. The van der Waals surface area contributed by atoms with E-state index in [-0.39, 0.29) is 0 Å². The molecule has 2 heterocycles. The summed E-state index contributed by atoms with van der Waals surface area (Å²) in [6.45, 7) is 0. The molecule has 0 atom stereocenters. The first-order chi connectivity index (χ1) is 42.7. The summed E-state index contributed by atoms with van der Waals surface area (Å²) in [6, 6.07) is 116. The topological polar surface area (TPSA) is 0 Å². The maximum atomic E-state index is 2.37. The van der Waals surface area contributed by atoms with Crippen LogP contribution < -0.4 is 0 Å². The van der Waals surface area contributed by atoms with Crippen LogP contribution in [0, 0.1) is 0 Å². The molecule has 86 heavy (non-hydrogen) atoms. The summed E-state index contributed by atoms with van der Waals surface area (Å²) in [5.41, 5.74) is 15.3. The van der Waals surface area contributed by atoms with Gasteiger partial charge in [-0.05, 0) is 151 Å². The predicted molar refractivity (Wildman–Crippen MR) is 376 cm³/mol. The third kappa shape index (κ3) is 8.32. The van der Waals surface area contributed by atoms with Gasteiger partial charge >= 0.3 is 0 Å². The number of benzene rings is 16. The lowest BCUT2D eigenvalue weighted by Crippen LogP contribution is -1.91. The van der Waals surface area contributed by atoms with Crippen molar-refractivity contribution in [3.63, 3.8) is 0 Å². The van der Waals surface area contributed by atoms with Gasteiger partial charge in [-0.3, -0.25) is 0 Å². The minimum absolute atomic E-state index is 1.23. The molecular weight excluding hydrogens is 1070 g/mol. The summed E-state index contributed by atoms with van der Waals surface area (Å²) in [5, 5.41) is 20.7. The average Bonchev–Trinajstić information content (AvgIpc) is 1.43. The maximum Gasteiger partial charge on any atom is 0.0434 e. The van der Waals surface area contributed by atoms with Gasteiger partial charge in [-0.15, -0.1) is 22.7 Å². The molecule has 18 aromatic rings.